The van der Waals surface area contributed by atoms with Gasteiger partial charge in [0.05, 0.1) is 11.8 Å². The molecule has 1 aromatic heterocycles. The third-order valence-electron chi connectivity index (χ3n) is 1.79. The summed E-state index contributed by atoms with van der Waals surface area (Å²) in [6.45, 7) is 1.90. The lowest BCUT2D eigenvalue weighted by molar-refractivity contribution is 0.473. The van der Waals surface area contributed by atoms with Crippen LogP contribution in [0.15, 0.2) is 4.42 Å². The average Bonchev–Trinajstić information content (AvgIpc) is 2.66. The summed E-state index contributed by atoms with van der Waals surface area (Å²) in [5, 5.41) is 10.0. The van der Waals surface area contributed by atoms with Crippen molar-refractivity contribution >= 4 is 16.0 Å². The third-order valence-corrected chi connectivity index (χ3v) is 3.15. The Morgan fingerprint density at radius 2 is 2.19 bits per heavy atom. The normalized spacial score (nSPS) is 13.7. The zero-order valence-corrected chi connectivity index (χ0v) is 9.91. The second-order valence-corrected chi connectivity index (χ2v) is 5.23. The summed E-state index contributed by atoms with van der Waals surface area (Å²) < 4.78 is 29.4. The molecule has 0 aliphatic carbocycles. The molecule has 0 aliphatic heterocycles. The molecule has 0 bridgehead atoms. The van der Waals surface area contributed by atoms with E-state index in [0.717, 1.165) is 0 Å². The van der Waals surface area contributed by atoms with E-state index in [0.29, 0.717) is 5.89 Å². The monoisotopic (exact) mass is 249 g/mol. The molecule has 0 fully saturated rings. The number of hydrogen-bond donors (Lipinski definition) is 3. The molecule has 0 aliphatic rings. The van der Waals surface area contributed by atoms with E-state index in [1.165, 1.54) is 7.05 Å². The molecule has 1 aromatic rings. The van der Waals surface area contributed by atoms with Crippen LogP contribution in [-0.2, 0) is 10.0 Å². The molecule has 1 unspecified atom stereocenters. The smallest absolute Gasteiger partial charge is 0.315 e. The number of rotatable bonds is 6. The molecule has 4 N–H and O–H groups in total. The van der Waals surface area contributed by atoms with Crippen LogP contribution in [0.4, 0.5) is 6.01 Å². The zero-order valence-electron chi connectivity index (χ0n) is 9.10. The molecule has 1 rings (SSSR count). The quantitative estimate of drug-likeness (QED) is 0.594. The highest BCUT2D eigenvalue weighted by Gasteiger charge is 2.11. The molecule has 0 amide bonds. The van der Waals surface area contributed by atoms with Crippen LogP contribution in [0.2, 0.25) is 0 Å². The van der Waals surface area contributed by atoms with E-state index in [-0.39, 0.29) is 24.4 Å². The van der Waals surface area contributed by atoms with E-state index >= 15 is 0 Å². The number of nitrogens with zero attached hydrogens (tertiary/aromatic N) is 2. The summed E-state index contributed by atoms with van der Waals surface area (Å²) in [4.78, 5) is 0. The summed E-state index contributed by atoms with van der Waals surface area (Å²) >= 11 is 0. The lowest BCUT2D eigenvalue weighted by Gasteiger charge is -2.02. The highest BCUT2D eigenvalue weighted by atomic mass is 32.2. The first-order valence-corrected chi connectivity index (χ1v) is 6.34. The highest BCUT2D eigenvalue weighted by molar-refractivity contribution is 7.89. The van der Waals surface area contributed by atoms with Crippen molar-refractivity contribution in [2.24, 2.45) is 5.73 Å². The number of nitrogens with one attached hydrogen (secondary N) is 2. The molecule has 9 heteroatoms. The van der Waals surface area contributed by atoms with E-state index in [1.807, 2.05) is 0 Å². The first-order chi connectivity index (χ1) is 7.44. The van der Waals surface area contributed by atoms with Gasteiger partial charge in [-0.2, -0.15) is 0 Å². The lowest BCUT2D eigenvalue weighted by atomic mass is 10.4. The SMILES string of the molecule is CNS(=O)(=O)CCNc1nnc(C(C)N)o1. The molecule has 92 valence electrons. The number of nitrogens with two attached hydrogens (primary N) is 1. The first kappa shape index (κ1) is 12.9. The molecular weight excluding hydrogens is 234 g/mol. The topological polar surface area (TPSA) is 123 Å². The predicted molar refractivity (Wildman–Crippen MR) is 58.2 cm³/mol. The van der Waals surface area contributed by atoms with E-state index in [2.05, 4.69) is 20.2 Å². The van der Waals surface area contributed by atoms with Crippen molar-refractivity contribution in [3.8, 4) is 0 Å². The van der Waals surface area contributed by atoms with Crippen molar-refractivity contribution in [1.82, 2.24) is 14.9 Å². The second-order valence-electron chi connectivity index (χ2n) is 3.18. The van der Waals surface area contributed by atoms with Gasteiger partial charge in [0.25, 0.3) is 0 Å². The van der Waals surface area contributed by atoms with Gasteiger partial charge in [-0.1, -0.05) is 5.10 Å². The van der Waals surface area contributed by atoms with Crippen molar-refractivity contribution in [3.05, 3.63) is 5.89 Å². The Morgan fingerprint density at radius 1 is 1.50 bits per heavy atom. The van der Waals surface area contributed by atoms with E-state index in [4.69, 9.17) is 10.2 Å². The van der Waals surface area contributed by atoms with Gasteiger partial charge in [0, 0.05) is 6.54 Å². The minimum atomic E-state index is -3.23. The lowest BCUT2D eigenvalue weighted by Crippen LogP contribution is -2.26. The van der Waals surface area contributed by atoms with Crippen LogP contribution >= 0.6 is 0 Å². The maximum Gasteiger partial charge on any atom is 0.315 e. The fraction of sp³-hybridized carbons (Fsp3) is 0.714. The van der Waals surface area contributed by atoms with Crippen LogP contribution in [0.25, 0.3) is 0 Å². The number of anilines is 1. The summed E-state index contributed by atoms with van der Waals surface area (Å²) in [6, 6.07) is -0.178. The van der Waals surface area contributed by atoms with Crippen molar-refractivity contribution in [2.45, 2.75) is 13.0 Å². The molecular formula is C7H15N5O3S. The Hall–Kier alpha value is -1.19. The first-order valence-electron chi connectivity index (χ1n) is 4.68. The van der Waals surface area contributed by atoms with Crippen molar-refractivity contribution in [3.63, 3.8) is 0 Å². The highest BCUT2D eigenvalue weighted by Crippen LogP contribution is 2.10. The zero-order chi connectivity index (χ0) is 12.2. The largest absolute Gasteiger partial charge is 0.406 e. The van der Waals surface area contributed by atoms with E-state index in [9.17, 15) is 8.42 Å². The van der Waals surface area contributed by atoms with Crippen LogP contribution in [0.1, 0.15) is 18.9 Å². The van der Waals surface area contributed by atoms with Gasteiger partial charge in [0.1, 0.15) is 0 Å². The molecule has 1 heterocycles. The molecule has 0 spiro atoms. The third kappa shape index (κ3) is 3.76. The van der Waals surface area contributed by atoms with Crippen LogP contribution in [0.5, 0.6) is 0 Å². The maximum atomic E-state index is 11.1. The van der Waals surface area contributed by atoms with Crippen molar-refractivity contribution in [1.29, 1.82) is 0 Å². The molecule has 8 nitrogen and oxygen atoms in total. The maximum absolute atomic E-state index is 11.1. The fourth-order valence-corrected chi connectivity index (χ4v) is 1.46. The van der Waals surface area contributed by atoms with Gasteiger partial charge in [-0.05, 0) is 14.0 Å². The summed E-state index contributed by atoms with van der Waals surface area (Å²) in [7, 11) is -1.87. The predicted octanol–water partition coefficient (Wildman–Crippen LogP) is -0.950. The Bertz CT molecular complexity index is 427. The van der Waals surface area contributed by atoms with Crippen molar-refractivity contribution in [2.75, 3.05) is 24.7 Å². The van der Waals surface area contributed by atoms with Gasteiger partial charge >= 0.3 is 6.01 Å². The Labute approximate surface area is 93.7 Å². The fourth-order valence-electron chi connectivity index (χ4n) is 0.884. The van der Waals surface area contributed by atoms with Gasteiger partial charge < -0.3 is 15.5 Å². The summed E-state index contributed by atoms with van der Waals surface area (Å²) in [5.41, 5.74) is 5.52. The average molecular weight is 249 g/mol. The Morgan fingerprint density at radius 3 is 2.69 bits per heavy atom. The standard InChI is InChI=1S/C7H15N5O3S/c1-5(8)6-11-12-7(15-6)10-3-4-16(13,14)9-2/h5,9H,3-4,8H2,1-2H3,(H,10,12). The van der Waals surface area contributed by atoms with Gasteiger partial charge in [0.15, 0.2) is 0 Å². The molecule has 16 heavy (non-hydrogen) atoms. The minimum Gasteiger partial charge on any atom is -0.406 e. The van der Waals surface area contributed by atoms with E-state index < -0.39 is 10.0 Å². The van der Waals surface area contributed by atoms with Gasteiger partial charge in [-0.3, -0.25) is 0 Å². The number of sulfonamides is 1. The van der Waals surface area contributed by atoms with Gasteiger partial charge in [0.2, 0.25) is 15.9 Å². The van der Waals surface area contributed by atoms with Crippen LogP contribution < -0.4 is 15.8 Å². The molecule has 0 radical (unpaired) electrons. The van der Waals surface area contributed by atoms with Gasteiger partial charge in [-0.15, -0.1) is 5.10 Å². The van der Waals surface area contributed by atoms with E-state index in [1.54, 1.807) is 6.92 Å². The van der Waals surface area contributed by atoms with Crippen LogP contribution in [0.3, 0.4) is 0 Å². The molecule has 0 saturated heterocycles. The number of hydrogen-bond acceptors (Lipinski definition) is 7. The summed E-state index contributed by atoms with van der Waals surface area (Å²) in [6.07, 6.45) is 0. The van der Waals surface area contributed by atoms with Gasteiger partial charge in [-0.25, -0.2) is 13.1 Å². The van der Waals surface area contributed by atoms with Crippen molar-refractivity contribution < 1.29 is 12.8 Å². The summed E-state index contributed by atoms with van der Waals surface area (Å²) in [5.74, 6) is 0.235. The molecule has 0 aromatic carbocycles. The molecule has 0 saturated carbocycles. The molecule has 1 atom stereocenters. The van der Waals surface area contributed by atoms with Crippen LogP contribution in [-0.4, -0.2) is 38.0 Å². The second kappa shape index (κ2) is 5.23. The number of aromatic nitrogens is 2. The van der Waals surface area contributed by atoms with Crippen LogP contribution in [0, 0.1) is 0 Å². The Balaban J connectivity index is 2.43. The minimum absolute atomic E-state index is 0.0700. The Kier molecular flexibility index (Phi) is 4.21.